The highest BCUT2D eigenvalue weighted by molar-refractivity contribution is 6.31. The van der Waals surface area contributed by atoms with Crippen LogP contribution in [-0.2, 0) is 18.3 Å². The lowest BCUT2D eigenvalue weighted by molar-refractivity contribution is 0.0600. The number of benzene rings is 2. The van der Waals surface area contributed by atoms with Gasteiger partial charge in [0.15, 0.2) is 0 Å². The van der Waals surface area contributed by atoms with E-state index in [0.717, 1.165) is 10.9 Å². The Morgan fingerprint density at radius 1 is 1.22 bits per heavy atom. The van der Waals surface area contributed by atoms with Crippen molar-refractivity contribution in [1.29, 1.82) is 5.26 Å². The van der Waals surface area contributed by atoms with E-state index in [1.54, 1.807) is 41.9 Å². The maximum atomic E-state index is 12.6. The topological polar surface area (TPSA) is 84.1 Å². The summed E-state index contributed by atoms with van der Waals surface area (Å²) in [4.78, 5) is 24.2. The fourth-order valence-electron chi connectivity index (χ4n) is 2.88. The number of hydrogen-bond donors (Lipinski definition) is 1. The Labute approximate surface area is 160 Å². The van der Waals surface area contributed by atoms with Gasteiger partial charge in [0.25, 0.3) is 5.91 Å². The van der Waals surface area contributed by atoms with Gasteiger partial charge in [0.1, 0.15) is 11.8 Å². The molecule has 0 spiro atoms. The molecule has 0 aliphatic heterocycles. The molecule has 1 aromatic heterocycles. The molecule has 0 bridgehead atoms. The average molecular weight is 382 g/mol. The highest BCUT2D eigenvalue weighted by Gasteiger charge is 2.15. The van der Waals surface area contributed by atoms with Crippen LogP contribution in [0, 0.1) is 11.3 Å². The first-order chi connectivity index (χ1) is 12.9. The van der Waals surface area contributed by atoms with E-state index in [-0.39, 0.29) is 23.6 Å². The number of nitrogens with one attached hydrogen (secondary N) is 1. The Hall–Kier alpha value is -3.30. The van der Waals surface area contributed by atoms with Crippen LogP contribution in [0.2, 0.25) is 5.02 Å². The molecule has 136 valence electrons. The average Bonchev–Trinajstić information content (AvgIpc) is 3.01. The zero-order valence-electron chi connectivity index (χ0n) is 14.7. The number of ether oxygens (including phenoxy) is 1. The Morgan fingerprint density at radius 3 is 2.70 bits per heavy atom. The number of methoxy groups -OCH3 is 1. The summed E-state index contributed by atoms with van der Waals surface area (Å²) in [6, 6.07) is 14.0. The van der Waals surface area contributed by atoms with E-state index in [4.69, 9.17) is 11.6 Å². The quantitative estimate of drug-likeness (QED) is 0.702. The molecule has 0 fully saturated rings. The van der Waals surface area contributed by atoms with E-state index in [0.29, 0.717) is 16.3 Å². The standard InChI is InChI=1S/C20H16ClN3O3/c1-24-17-9-15(21)5-4-13(17)8-18(24)19(25)23-11-12-3-6-16(20(26)27-2)14(7-12)10-22/h3-9H,11H2,1-2H3,(H,23,25). The van der Waals surface area contributed by atoms with Crippen molar-refractivity contribution in [2.45, 2.75) is 6.54 Å². The molecule has 0 saturated carbocycles. The summed E-state index contributed by atoms with van der Waals surface area (Å²) in [5.74, 6) is -0.823. The molecule has 2 aromatic carbocycles. The fourth-order valence-corrected chi connectivity index (χ4v) is 3.04. The van der Waals surface area contributed by atoms with Crippen molar-refractivity contribution in [1.82, 2.24) is 9.88 Å². The monoisotopic (exact) mass is 381 g/mol. The number of nitrogens with zero attached hydrogens (tertiary/aromatic N) is 2. The first-order valence-corrected chi connectivity index (χ1v) is 8.47. The number of carbonyl (C=O) groups excluding carboxylic acids is 2. The Morgan fingerprint density at radius 2 is 2.00 bits per heavy atom. The zero-order valence-corrected chi connectivity index (χ0v) is 15.5. The summed E-state index contributed by atoms with van der Waals surface area (Å²) in [6.45, 7) is 0.219. The predicted molar refractivity (Wildman–Crippen MR) is 102 cm³/mol. The molecular weight excluding hydrogens is 366 g/mol. The van der Waals surface area contributed by atoms with E-state index in [9.17, 15) is 14.9 Å². The summed E-state index contributed by atoms with van der Waals surface area (Å²) in [5, 5.41) is 13.6. The second kappa shape index (κ2) is 7.52. The minimum absolute atomic E-state index is 0.195. The number of carbonyl (C=O) groups is 2. The van der Waals surface area contributed by atoms with Crippen LogP contribution in [0.3, 0.4) is 0 Å². The number of fused-ring (bicyclic) bond motifs is 1. The van der Waals surface area contributed by atoms with Crippen LogP contribution >= 0.6 is 11.6 Å². The Balaban J connectivity index is 1.79. The molecule has 0 aliphatic rings. The minimum Gasteiger partial charge on any atom is -0.465 e. The first-order valence-electron chi connectivity index (χ1n) is 8.09. The number of esters is 1. The number of aromatic nitrogens is 1. The van der Waals surface area contributed by atoms with Gasteiger partial charge in [-0.2, -0.15) is 5.26 Å². The Kier molecular flexibility index (Phi) is 5.15. The van der Waals surface area contributed by atoms with Crippen LogP contribution in [-0.4, -0.2) is 23.6 Å². The molecular formula is C20H16ClN3O3. The number of rotatable bonds is 4. The Bertz CT molecular complexity index is 1100. The third-order valence-corrected chi connectivity index (χ3v) is 4.54. The molecule has 6 nitrogen and oxygen atoms in total. The summed E-state index contributed by atoms with van der Waals surface area (Å²) < 4.78 is 6.43. The van der Waals surface area contributed by atoms with E-state index in [1.807, 2.05) is 12.1 Å². The van der Waals surface area contributed by atoms with E-state index in [1.165, 1.54) is 13.2 Å². The lowest BCUT2D eigenvalue weighted by Crippen LogP contribution is -2.25. The molecule has 1 N–H and O–H groups in total. The minimum atomic E-state index is -0.573. The number of halogens is 1. The molecule has 7 heteroatoms. The normalized spacial score (nSPS) is 10.4. The largest absolute Gasteiger partial charge is 0.465 e. The number of nitriles is 1. The second-order valence-corrected chi connectivity index (χ2v) is 6.39. The molecule has 0 aliphatic carbocycles. The molecule has 27 heavy (non-hydrogen) atoms. The van der Waals surface area contributed by atoms with Gasteiger partial charge in [-0.05, 0) is 35.9 Å². The molecule has 0 unspecified atom stereocenters. The van der Waals surface area contributed by atoms with Crippen molar-refractivity contribution < 1.29 is 14.3 Å². The number of hydrogen-bond acceptors (Lipinski definition) is 4. The van der Waals surface area contributed by atoms with Gasteiger partial charge >= 0.3 is 5.97 Å². The van der Waals surface area contributed by atoms with Crippen LogP contribution < -0.4 is 5.32 Å². The SMILES string of the molecule is COC(=O)c1ccc(CNC(=O)c2cc3ccc(Cl)cc3n2C)cc1C#N. The van der Waals surface area contributed by atoms with Gasteiger partial charge in [-0.1, -0.05) is 23.7 Å². The van der Waals surface area contributed by atoms with Gasteiger partial charge in [-0.3, -0.25) is 4.79 Å². The zero-order chi connectivity index (χ0) is 19.6. The van der Waals surface area contributed by atoms with Crippen LogP contribution in [0.25, 0.3) is 10.9 Å². The van der Waals surface area contributed by atoms with Gasteiger partial charge < -0.3 is 14.6 Å². The van der Waals surface area contributed by atoms with Gasteiger partial charge in [0.05, 0.1) is 18.2 Å². The lowest BCUT2D eigenvalue weighted by Gasteiger charge is -2.08. The summed E-state index contributed by atoms with van der Waals surface area (Å²) in [5.41, 5.74) is 2.46. The fraction of sp³-hybridized carbons (Fsp3) is 0.150. The maximum absolute atomic E-state index is 12.6. The molecule has 1 heterocycles. The van der Waals surface area contributed by atoms with E-state index < -0.39 is 5.97 Å². The molecule has 3 rings (SSSR count). The first kappa shape index (κ1) is 18.5. The summed E-state index contributed by atoms with van der Waals surface area (Å²) >= 11 is 6.02. The van der Waals surface area contributed by atoms with Crippen molar-refractivity contribution in [2.75, 3.05) is 7.11 Å². The van der Waals surface area contributed by atoms with Gasteiger partial charge in [0, 0.05) is 29.5 Å². The molecule has 0 saturated heterocycles. The molecule has 0 atom stereocenters. The third kappa shape index (κ3) is 3.64. The van der Waals surface area contributed by atoms with Crippen molar-refractivity contribution in [3.63, 3.8) is 0 Å². The molecule has 3 aromatic rings. The van der Waals surface area contributed by atoms with Crippen LogP contribution in [0.5, 0.6) is 0 Å². The van der Waals surface area contributed by atoms with Crippen LogP contribution in [0.4, 0.5) is 0 Å². The van der Waals surface area contributed by atoms with Gasteiger partial charge in [0.2, 0.25) is 0 Å². The number of amides is 1. The van der Waals surface area contributed by atoms with Crippen molar-refractivity contribution in [3.8, 4) is 6.07 Å². The summed E-state index contributed by atoms with van der Waals surface area (Å²) in [6.07, 6.45) is 0. The van der Waals surface area contributed by atoms with Gasteiger partial charge in [-0.25, -0.2) is 4.79 Å². The van der Waals surface area contributed by atoms with Gasteiger partial charge in [-0.15, -0.1) is 0 Å². The smallest absolute Gasteiger partial charge is 0.339 e. The lowest BCUT2D eigenvalue weighted by atomic mass is 10.0. The third-order valence-electron chi connectivity index (χ3n) is 4.30. The maximum Gasteiger partial charge on any atom is 0.339 e. The van der Waals surface area contributed by atoms with Crippen LogP contribution in [0.1, 0.15) is 32.0 Å². The predicted octanol–water partition coefficient (Wildman–Crippen LogP) is 3.42. The molecule has 0 radical (unpaired) electrons. The van der Waals surface area contributed by atoms with Crippen molar-refractivity contribution in [3.05, 3.63) is 69.9 Å². The van der Waals surface area contributed by atoms with E-state index in [2.05, 4.69) is 10.1 Å². The second-order valence-electron chi connectivity index (χ2n) is 5.96. The van der Waals surface area contributed by atoms with Crippen LogP contribution in [0.15, 0.2) is 42.5 Å². The van der Waals surface area contributed by atoms with Crippen molar-refractivity contribution >= 4 is 34.4 Å². The van der Waals surface area contributed by atoms with Crippen molar-refractivity contribution in [2.24, 2.45) is 7.05 Å². The molecule has 1 amide bonds. The van der Waals surface area contributed by atoms with E-state index >= 15 is 0 Å². The summed E-state index contributed by atoms with van der Waals surface area (Å²) in [7, 11) is 3.06. The number of aryl methyl sites for hydroxylation is 1. The highest BCUT2D eigenvalue weighted by atomic mass is 35.5. The highest BCUT2D eigenvalue weighted by Crippen LogP contribution is 2.22.